The molecule has 0 saturated heterocycles. The summed E-state index contributed by atoms with van der Waals surface area (Å²) in [5, 5.41) is 9.04. The Kier molecular flexibility index (Phi) is 1.01. The van der Waals surface area contributed by atoms with Gasteiger partial charge in [0, 0.05) is 6.21 Å². The molecule has 0 unspecified atom stereocenters. The minimum Gasteiger partial charge on any atom is -0.508 e. The summed E-state index contributed by atoms with van der Waals surface area (Å²) in [6.45, 7) is 0.712. The summed E-state index contributed by atoms with van der Waals surface area (Å²) in [6.07, 6.45) is 1.83. The SMILES string of the molecule is Oc1ccc2c(c1)CN=C2. The molecule has 2 rings (SSSR count). The molecule has 0 fully saturated rings. The van der Waals surface area contributed by atoms with Crippen LogP contribution in [0.25, 0.3) is 0 Å². The second-order valence-corrected chi connectivity index (χ2v) is 2.35. The summed E-state index contributed by atoms with van der Waals surface area (Å²) in [7, 11) is 0. The van der Waals surface area contributed by atoms with Crippen LogP contribution in [0.3, 0.4) is 0 Å². The van der Waals surface area contributed by atoms with Gasteiger partial charge < -0.3 is 5.11 Å². The average molecular weight is 133 g/mol. The molecular formula is C8H7NO. The highest BCUT2D eigenvalue weighted by Gasteiger charge is 2.04. The van der Waals surface area contributed by atoms with Gasteiger partial charge in [0.05, 0.1) is 6.54 Å². The van der Waals surface area contributed by atoms with E-state index in [0.717, 1.165) is 11.1 Å². The van der Waals surface area contributed by atoms with Crippen LogP contribution in [0, 0.1) is 0 Å². The van der Waals surface area contributed by atoms with Crippen LogP contribution in [0.4, 0.5) is 0 Å². The summed E-state index contributed by atoms with van der Waals surface area (Å²) < 4.78 is 0. The molecule has 1 N–H and O–H groups in total. The van der Waals surface area contributed by atoms with E-state index in [1.807, 2.05) is 12.3 Å². The normalized spacial score (nSPS) is 13.6. The number of aromatic hydroxyl groups is 1. The fraction of sp³-hybridized carbons (Fsp3) is 0.125. The number of aliphatic imine (C=N–C) groups is 1. The summed E-state index contributed by atoms with van der Waals surface area (Å²) in [5.74, 6) is 0.323. The van der Waals surface area contributed by atoms with E-state index < -0.39 is 0 Å². The fourth-order valence-corrected chi connectivity index (χ4v) is 1.10. The first-order valence-corrected chi connectivity index (χ1v) is 3.18. The Balaban J connectivity index is 2.59. The molecule has 2 nitrogen and oxygen atoms in total. The minimum atomic E-state index is 0.323. The van der Waals surface area contributed by atoms with Crippen molar-refractivity contribution < 1.29 is 5.11 Å². The highest BCUT2D eigenvalue weighted by molar-refractivity contribution is 5.84. The molecule has 0 spiro atoms. The molecule has 10 heavy (non-hydrogen) atoms. The molecule has 1 heterocycles. The van der Waals surface area contributed by atoms with Crippen molar-refractivity contribution in [3.63, 3.8) is 0 Å². The second kappa shape index (κ2) is 1.84. The lowest BCUT2D eigenvalue weighted by Crippen LogP contribution is -1.81. The van der Waals surface area contributed by atoms with E-state index in [1.54, 1.807) is 12.1 Å². The summed E-state index contributed by atoms with van der Waals surface area (Å²) in [5.41, 5.74) is 2.23. The molecule has 1 aliphatic heterocycles. The van der Waals surface area contributed by atoms with E-state index in [9.17, 15) is 0 Å². The monoisotopic (exact) mass is 133 g/mol. The van der Waals surface area contributed by atoms with Crippen molar-refractivity contribution in [3.05, 3.63) is 29.3 Å². The molecular weight excluding hydrogens is 126 g/mol. The number of benzene rings is 1. The Morgan fingerprint density at radius 3 is 3.20 bits per heavy atom. The largest absolute Gasteiger partial charge is 0.508 e. The van der Waals surface area contributed by atoms with E-state index in [-0.39, 0.29) is 0 Å². The topological polar surface area (TPSA) is 32.6 Å². The molecule has 2 heteroatoms. The number of phenolic OH excluding ortho intramolecular Hbond substituents is 1. The maximum Gasteiger partial charge on any atom is 0.115 e. The number of hydrogen-bond donors (Lipinski definition) is 1. The summed E-state index contributed by atoms with van der Waals surface area (Å²) >= 11 is 0. The van der Waals surface area contributed by atoms with Crippen LogP contribution >= 0.6 is 0 Å². The average Bonchev–Trinajstić information content (AvgIpc) is 2.33. The Bertz CT molecular complexity index is 291. The van der Waals surface area contributed by atoms with Gasteiger partial charge in [-0.2, -0.15) is 0 Å². The van der Waals surface area contributed by atoms with E-state index in [0.29, 0.717) is 12.3 Å². The van der Waals surface area contributed by atoms with Crippen LogP contribution < -0.4 is 0 Å². The van der Waals surface area contributed by atoms with Gasteiger partial charge in [-0.25, -0.2) is 0 Å². The van der Waals surface area contributed by atoms with Crippen molar-refractivity contribution >= 4 is 6.21 Å². The number of hydrogen-bond acceptors (Lipinski definition) is 2. The maximum atomic E-state index is 9.04. The Labute approximate surface area is 58.8 Å². The quantitative estimate of drug-likeness (QED) is 0.568. The van der Waals surface area contributed by atoms with Crippen molar-refractivity contribution in [1.82, 2.24) is 0 Å². The molecule has 0 bridgehead atoms. The minimum absolute atomic E-state index is 0.323. The van der Waals surface area contributed by atoms with Crippen LogP contribution in [0.1, 0.15) is 11.1 Å². The molecule has 0 aliphatic carbocycles. The molecule has 1 aromatic rings. The Morgan fingerprint density at radius 1 is 1.40 bits per heavy atom. The van der Waals surface area contributed by atoms with E-state index in [1.165, 1.54) is 0 Å². The highest BCUT2D eigenvalue weighted by Crippen LogP contribution is 2.19. The predicted molar refractivity (Wildman–Crippen MR) is 39.4 cm³/mol. The van der Waals surface area contributed by atoms with Gasteiger partial charge in [-0.1, -0.05) is 0 Å². The molecule has 0 atom stereocenters. The fourth-order valence-electron chi connectivity index (χ4n) is 1.10. The van der Waals surface area contributed by atoms with Gasteiger partial charge in [0.2, 0.25) is 0 Å². The Hall–Kier alpha value is -1.31. The zero-order valence-corrected chi connectivity index (χ0v) is 5.41. The second-order valence-electron chi connectivity index (χ2n) is 2.35. The third-order valence-corrected chi connectivity index (χ3v) is 1.62. The number of fused-ring (bicyclic) bond motifs is 1. The van der Waals surface area contributed by atoms with Gasteiger partial charge in [-0.15, -0.1) is 0 Å². The molecule has 0 aromatic heterocycles. The van der Waals surface area contributed by atoms with Crippen LogP contribution in [-0.4, -0.2) is 11.3 Å². The lowest BCUT2D eigenvalue weighted by atomic mass is 10.1. The first kappa shape index (κ1) is 5.47. The first-order valence-electron chi connectivity index (χ1n) is 3.18. The number of phenols is 1. The van der Waals surface area contributed by atoms with Gasteiger partial charge in [0.15, 0.2) is 0 Å². The lowest BCUT2D eigenvalue weighted by Gasteiger charge is -1.95. The molecule has 50 valence electrons. The van der Waals surface area contributed by atoms with Gasteiger partial charge in [-0.05, 0) is 29.3 Å². The van der Waals surface area contributed by atoms with Crippen LogP contribution in [0.5, 0.6) is 5.75 Å². The van der Waals surface area contributed by atoms with Gasteiger partial charge in [-0.3, -0.25) is 4.99 Å². The van der Waals surface area contributed by atoms with Gasteiger partial charge in [0.1, 0.15) is 5.75 Å². The predicted octanol–water partition coefficient (Wildman–Crippen LogP) is 1.32. The first-order chi connectivity index (χ1) is 4.86. The molecule has 1 aliphatic rings. The van der Waals surface area contributed by atoms with Crippen LogP contribution in [0.2, 0.25) is 0 Å². The standard InChI is InChI=1S/C8H7NO/c10-8-2-1-6-4-9-5-7(6)3-8/h1-4,10H,5H2. The molecule has 0 saturated carbocycles. The van der Waals surface area contributed by atoms with Crippen LogP contribution in [0.15, 0.2) is 23.2 Å². The molecule has 0 amide bonds. The zero-order valence-electron chi connectivity index (χ0n) is 5.41. The number of nitrogens with zero attached hydrogens (tertiary/aromatic N) is 1. The number of rotatable bonds is 0. The van der Waals surface area contributed by atoms with E-state index in [4.69, 9.17) is 5.11 Å². The van der Waals surface area contributed by atoms with Gasteiger partial charge >= 0.3 is 0 Å². The van der Waals surface area contributed by atoms with E-state index in [2.05, 4.69) is 4.99 Å². The third kappa shape index (κ3) is 0.692. The van der Waals surface area contributed by atoms with Crippen molar-refractivity contribution in [1.29, 1.82) is 0 Å². The van der Waals surface area contributed by atoms with Crippen molar-refractivity contribution in [2.45, 2.75) is 6.54 Å². The zero-order chi connectivity index (χ0) is 6.97. The Morgan fingerprint density at radius 2 is 2.30 bits per heavy atom. The smallest absolute Gasteiger partial charge is 0.115 e. The summed E-state index contributed by atoms with van der Waals surface area (Å²) in [6, 6.07) is 5.31. The highest BCUT2D eigenvalue weighted by atomic mass is 16.3. The molecule has 1 aromatic carbocycles. The lowest BCUT2D eigenvalue weighted by molar-refractivity contribution is 0.474. The van der Waals surface area contributed by atoms with E-state index >= 15 is 0 Å². The maximum absolute atomic E-state index is 9.04. The third-order valence-electron chi connectivity index (χ3n) is 1.62. The van der Waals surface area contributed by atoms with Crippen LogP contribution in [-0.2, 0) is 6.54 Å². The van der Waals surface area contributed by atoms with Crippen molar-refractivity contribution in [2.75, 3.05) is 0 Å². The van der Waals surface area contributed by atoms with Crippen molar-refractivity contribution in [3.8, 4) is 5.75 Å². The van der Waals surface area contributed by atoms with Gasteiger partial charge in [0.25, 0.3) is 0 Å². The van der Waals surface area contributed by atoms with Crippen molar-refractivity contribution in [2.24, 2.45) is 4.99 Å². The molecule has 0 radical (unpaired) electrons. The summed E-state index contributed by atoms with van der Waals surface area (Å²) in [4.78, 5) is 4.06.